The topological polar surface area (TPSA) is 52.5 Å². The smallest absolute Gasteiger partial charge is 0.151 e. The summed E-state index contributed by atoms with van der Waals surface area (Å²) in [5.74, 6) is 0.871. The lowest BCUT2D eigenvalue weighted by Gasteiger charge is -2.28. The Morgan fingerprint density at radius 2 is 2.28 bits per heavy atom. The van der Waals surface area contributed by atoms with E-state index < -0.39 is 0 Å². The fourth-order valence-electron chi connectivity index (χ4n) is 2.57. The van der Waals surface area contributed by atoms with E-state index in [1.54, 1.807) is 0 Å². The molecule has 1 aromatic rings. The zero-order valence-electron chi connectivity index (χ0n) is 11.2. The van der Waals surface area contributed by atoms with Crippen molar-refractivity contribution in [2.24, 2.45) is 0 Å². The fraction of sp³-hybridized carbons (Fsp3) is 0.692. The number of aromatic nitrogens is 2. The van der Waals surface area contributed by atoms with Gasteiger partial charge in [-0.05, 0) is 38.1 Å². The molecule has 0 bridgehead atoms. The first-order valence-corrected chi connectivity index (χ1v) is 6.63. The molecule has 1 fully saturated rings. The predicted octanol–water partition coefficient (Wildman–Crippen LogP) is 0.889. The summed E-state index contributed by atoms with van der Waals surface area (Å²) in [6.07, 6.45) is 2.56. The molecule has 0 saturated carbocycles. The maximum atomic E-state index is 8.94. The van der Waals surface area contributed by atoms with Gasteiger partial charge < -0.3 is 10.0 Å². The van der Waals surface area contributed by atoms with Gasteiger partial charge in [-0.1, -0.05) is 6.92 Å². The largest absolute Gasteiger partial charge is 0.390 e. The molecule has 1 aliphatic rings. The molecule has 18 heavy (non-hydrogen) atoms. The van der Waals surface area contributed by atoms with Crippen molar-refractivity contribution < 1.29 is 5.11 Å². The first-order valence-electron chi connectivity index (χ1n) is 6.63. The average Bonchev–Trinajstić information content (AvgIpc) is 2.86. The van der Waals surface area contributed by atoms with E-state index in [1.165, 1.54) is 19.4 Å². The second kappa shape index (κ2) is 6.11. The molecule has 0 aromatic carbocycles. The highest BCUT2D eigenvalue weighted by Crippen LogP contribution is 2.19. The third-order valence-electron chi connectivity index (χ3n) is 3.65. The van der Waals surface area contributed by atoms with Crippen molar-refractivity contribution in [2.75, 3.05) is 31.6 Å². The Morgan fingerprint density at radius 3 is 2.89 bits per heavy atom. The summed E-state index contributed by atoms with van der Waals surface area (Å²) >= 11 is 0. The Hall–Kier alpha value is -1.20. The molecule has 0 aliphatic carbocycles. The number of hydrogen-bond donors (Lipinski definition) is 1. The summed E-state index contributed by atoms with van der Waals surface area (Å²) in [4.78, 5) is 4.67. The highest BCUT2D eigenvalue weighted by atomic mass is 16.3. The van der Waals surface area contributed by atoms with Gasteiger partial charge in [0.2, 0.25) is 0 Å². The zero-order valence-corrected chi connectivity index (χ0v) is 11.2. The number of likely N-dealkylation sites (tertiary alicyclic amines) is 1. The van der Waals surface area contributed by atoms with Crippen LogP contribution in [0.1, 0.15) is 25.5 Å². The van der Waals surface area contributed by atoms with E-state index in [0.29, 0.717) is 11.7 Å². The minimum atomic E-state index is -0.0523. The Labute approximate surface area is 108 Å². The highest BCUT2D eigenvalue weighted by molar-refractivity contribution is 5.36. The van der Waals surface area contributed by atoms with Crippen molar-refractivity contribution in [1.82, 2.24) is 15.1 Å². The maximum absolute atomic E-state index is 8.94. The van der Waals surface area contributed by atoms with Crippen LogP contribution in [0.3, 0.4) is 0 Å². The molecule has 0 radical (unpaired) electrons. The molecule has 1 N–H and O–H groups in total. The van der Waals surface area contributed by atoms with Crippen LogP contribution in [0.4, 0.5) is 5.82 Å². The van der Waals surface area contributed by atoms with Crippen LogP contribution in [0.2, 0.25) is 0 Å². The van der Waals surface area contributed by atoms with Crippen molar-refractivity contribution >= 4 is 5.82 Å². The molecule has 1 aromatic heterocycles. The van der Waals surface area contributed by atoms with Crippen LogP contribution in [0, 0.1) is 0 Å². The number of anilines is 1. The van der Waals surface area contributed by atoms with Gasteiger partial charge in [-0.2, -0.15) is 5.10 Å². The molecule has 2 rings (SSSR count). The minimum Gasteiger partial charge on any atom is -0.390 e. The summed E-state index contributed by atoms with van der Waals surface area (Å²) in [6.45, 7) is 5.48. The summed E-state index contributed by atoms with van der Waals surface area (Å²) < 4.78 is 0. The molecule has 5 heteroatoms. The average molecular weight is 250 g/mol. The Balaban J connectivity index is 1.95. The molecule has 5 nitrogen and oxygen atoms in total. The highest BCUT2D eigenvalue weighted by Gasteiger charge is 2.24. The van der Waals surface area contributed by atoms with Crippen LogP contribution in [-0.2, 0) is 6.61 Å². The first-order chi connectivity index (χ1) is 8.74. The van der Waals surface area contributed by atoms with Gasteiger partial charge in [0.05, 0.1) is 12.3 Å². The molecule has 0 spiro atoms. The molecule has 2 heterocycles. The molecule has 0 amide bonds. The number of aliphatic hydroxyl groups is 1. The third kappa shape index (κ3) is 2.97. The van der Waals surface area contributed by atoms with E-state index in [2.05, 4.69) is 34.0 Å². The monoisotopic (exact) mass is 250 g/mol. The van der Waals surface area contributed by atoms with Crippen LogP contribution in [0.25, 0.3) is 0 Å². The second-order valence-electron chi connectivity index (χ2n) is 4.85. The fourth-order valence-corrected chi connectivity index (χ4v) is 2.57. The number of rotatable bonds is 5. The molecular formula is C13H22N4O. The summed E-state index contributed by atoms with van der Waals surface area (Å²) in [6, 6.07) is 4.37. The van der Waals surface area contributed by atoms with Gasteiger partial charge in [0.15, 0.2) is 5.82 Å². The molecule has 1 aliphatic heterocycles. The van der Waals surface area contributed by atoms with Crippen molar-refractivity contribution in [2.45, 2.75) is 32.4 Å². The minimum absolute atomic E-state index is 0.0523. The number of aliphatic hydroxyl groups excluding tert-OH is 1. The van der Waals surface area contributed by atoms with Crippen molar-refractivity contribution in [1.29, 1.82) is 0 Å². The summed E-state index contributed by atoms with van der Waals surface area (Å²) in [7, 11) is 2.05. The Morgan fingerprint density at radius 1 is 1.44 bits per heavy atom. The van der Waals surface area contributed by atoms with Crippen LogP contribution in [0.15, 0.2) is 12.1 Å². The van der Waals surface area contributed by atoms with Gasteiger partial charge in [-0.3, -0.25) is 4.90 Å². The zero-order chi connectivity index (χ0) is 13.0. The molecule has 1 atom stereocenters. The van der Waals surface area contributed by atoms with Crippen molar-refractivity contribution in [3.05, 3.63) is 17.8 Å². The Kier molecular flexibility index (Phi) is 4.49. The lowest BCUT2D eigenvalue weighted by Crippen LogP contribution is -2.39. The molecule has 100 valence electrons. The predicted molar refractivity (Wildman–Crippen MR) is 71.5 cm³/mol. The lowest BCUT2D eigenvalue weighted by molar-refractivity contribution is 0.270. The molecular weight excluding hydrogens is 228 g/mol. The van der Waals surface area contributed by atoms with Crippen LogP contribution >= 0.6 is 0 Å². The van der Waals surface area contributed by atoms with Gasteiger partial charge in [0.1, 0.15) is 0 Å². The summed E-state index contributed by atoms with van der Waals surface area (Å²) in [5, 5.41) is 17.1. The van der Waals surface area contributed by atoms with Gasteiger partial charge in [0.25, 0.3) is 0 Å². The second-order valence-corrected chi connectivity index (χ2v) is 4.85. The summed E-state index contributed by atoms with van der Waals surface area (Å²) in [5.41, 5.74) is 0.614. The first kappa shape index (κ1) is 13.2. The van der Waals surface area contributed by atoms with Gasteiger partial charge in [-0.25, -0.2) is 0 Å². The van der Waals surface area contributed by atoms with E-state index in [4.69, 9.17) is 5.11 Å². The third-order valence-corrected chi connectivity index (χ3v) is 3.65. The SMILES string of the molecule is CCN1CCCC1CN(C)c1ccc(CO)nn1. The van der Waals surface area contributed by atoms with Crippen molar-refractivity contribution in [3.8, 4) is 0 Å². The van der Waals surface area contributed by atoms with Crippen molar-refractivity contribution in [3.63, 3.8) is 0 Å². The van der Waals surface area contributed by atoms with Gasteiger partial charge in [0, 0.05) is 19.6 Å². The van der Waals surface area contributed by atoms with Crippen LogP contribution < -0.4 is 4.90 Å². The number of hydrogen-bond acceptors (Lipinski definition) is 5. The van der Waals surface area contributed by atoms with E-state index in [-0.39, 0.29) is 6.61 Å². The van der Waals surface area contributed by atoms with E-state index in [9.17, 15) is 0 Å². The maximum Gasteiger partial charge on any atom is 0.151 e. The van der Waals surface area contributed by atoms with Crippen LogP contribution in [-0.4, -0.2) is 52.9 Å². The van der Waals surface area contributed by atoms with Crippen LogP contribution in [0.5, 0.6) is 0 Å². The van der Waals surface area contributed by atoms with E-state index >= 15 is 0 Å². The molecule has 1 unspecified atom stereocenters. The lowest BCUT2D eigenvalue weighted by atomic mass is 10.2. The van der Waals surface area contributed by atoms with Gasteiger partial charge >= 0.3 is 0 Å². The quantitative estimate of drug-likeness (QED) is 0.841. The normalized spacial score (nSPS) is 20.3. The number of likely N-dealkylation sites (N-methyl/N-ethyl adjacent to an activating group) is 2. The van der Waals surface area contributed by atoms with Gasteiger partial charge in [-0.15, -0.1) is 5.10 Å². The standard InChI is InChI=1S/C13H22N4O/c1-3-17-8-4-5-12(17)9-16(2)13-7-6-11(10-18)14-15-13/h6-7,12,18H,3-5,8-10H2,1-2H3. The Bertz CT molecular complexity index is 368. The van der Waals surface area contributed by atoms with E-state index in [0.717, 1.165) is 18.9 Å². The van der Waals surface area contributed by atoms with E-state index in [1.807, 2.05) is 12.1 Å². The molecule has 1 saturated heterocycles. The number of nitrogens with zero attached hydrogens (tertiary/aromatic N) is 4.